The third-order valence-electron chi connectivity index (χ3n) is 4.01. The minimum atomic E-state index is 0.242. The van der Waals surface area contributed by atoms with Gasteiger partial charge in [-0.3, -0.25) is 4.79 Å². The number of anilines is 1. The summed E-state index contributed by atoms with van der Waals surface area (Å²) in [6.45, 7) is 5.96. The molecular formula is C16H24N2O. The van der Waals surface area contributed by atoms with Crippen molar-refractivity contribution < 1.29 is 4.79 Å². The summed E-state index contributed by atoms with van der Waals surface area (Å²) < 4.78 is 0. The Kier molecular flexibility index (Phi) is 4.59. The molecule has 1 amide bonds. The molecule has 1 aliphatic rings. The van der Waals surface area contributed by atoms with Crippen molar-refractivity contribution in [2.75, 3.05) is 25.0 Å². The van der Waals surface area contributed by atoms with Crippen molar-refractivity contribution >= 4 is 11.6 Å². The number of nitrogens with zero attached hydrogens (tertiary/aromatic N) is 2. The molecular weight excluding hydrogens is 236 g/mol. The van der Waals surface area contributed by atoms with E-state index in [0.29, 0.717) is 12.5 Å². The lowest BCUT2D eigenvalue weighted by Gasteiger charge is -2.25. The first kappa shape index (κ1) is 14.1. The molecule has 0 saturated carbocycles. The molecule has 3 nitrogen and oxygen atoms in total. The topological polar surface area (TPSA) is 23.6 Å². The number of carbonyl (C=O) groups is 1. The molecule has 1 atom stereocenters. The van der Waals surface area contributed by atoms with Crippen LogP contribution in [0.2, 0.25) is 0 Å². The highest BCUT2D eigenvalue weighted by molar-refractivity contribution is 5.93. The lowest BCUT2D eigenvalue weighted by Crippen LogP contribution is -2.36. The average molecular weight is 260 g/mol. The first-order valence-electron chi connectivity index (χ1n) is 7.19. The van der Waals surface area contributed by atoms with E-state index < -0.39 is 0 Å². The number of rotatable bonds is 4. The summed E-state index contributed by atoms with van der Waals surface area (Å²) in [6.07, 6.45) is 3.00. The van der Waals surface area contributed by atoms with Crippen LogP contribution in [0.25, 0.3) is 0 Å². The highest BCUT2D eigenvalue weighted by Gasteiger charge is 2.25. The van der Waals surface area contributed by atoms with Crippen LogP contribution >= 0.6 is 0 Å². The molecule has 0 N–H and O–H groups in total. The van der Waals surface area contributed by atoms with E-state index in [1.165, 1.54) is 12.0 Å². The van der Waals surface area contributed by atoms with Gasteiger partial charge in [-0.15, -0.1) is 0 Å². The van der Waals surface area contributed by atoms with Crippen molar-refractivity contribution in [1.29, 1.82) is 0 Å². The van der Waals surface area contributed by atoms with E-state index in [0.717, 1.165) is 25.2 Å². The van der Waals surface area contributed by atoms with Gasteiger partial charge < -0.3 is 9.80 Å². The van der Waals surface area contributed by atoms with Crippen LogP contribution in [0, 0.1) is 6.92 Å². The van der Waals surface area contributed by atoms with Crippen LogP contribution in [0.5, 0.6) is 0 Å². The van der Waals surface area contributed by atoms with Crippen LogP contribution in [0.4, 0.5) is 5.69 Å². The van der Waals surface area contributed by atoms with Gasteiger partial charge in [0.1, 0.15) is 0 Å². The molecule has 1 aromatic rings. The first-order valence-corrected chi connectivity index (χ1v) is 7.19. The summed E-state index contributed by atoms with van der Waals surface area (Å²) in [4.78, 5) is 16.7. The minimum Gasteiger partial charge on any atom is -0.313 e. The van der Waals surface area contributed by atoms with Crippen LogP contribution in [0.15, 0.2) is 24.3 Å². The third kappa shape index (κ3) is 3.35. The van der Waals surface area contributed by atoms with E-state index in [1.54, 1.807) is 0 Å². The SMILES string of the molecule is CCN(C(=O)CC1CCCN1C)c1cccc(C)c1. The van der Waals surface area contributed by atoms with Gasteiger partial charge in [-0.2, -0.15) is 0 Å². The zero-order chi connectivity index (χ0) is 13.8. The maximum absolute atomic E-state index is 12.5. The van der Waals surface area contributed by atoms with Crippen LogP contribution in [-0.4, -0.2) is 37.0 Å². The van der Waals surface area contributed by atoms with Gasteiger partial charge in [-0.1, -0.05) is 12.1 Å². The quantitative estimate of drug-likeness (QED) is 0.831. The monoisotopic (exact) mass is 260 g/mol. The van der Waals surface area contributed by atoms with E-state index in [-0.39, 0.29) is 5.91 Å². The summed E-state index contributed by atoms with van der Waals surface area (Å²) in [6, 6.07) is 8.60. The van der Waals surface area contributed by atoms with Crippen molar-refractivity contribution in [3.05, 3.63) is 29.8 Å². The maximum Gasteiger partial charge on any atom is 0.228 e. The Labute approximate surface area is 116 Å². The fourth-order valence-electron chi connectivity index (χ4n) is 2.85. The van der Waals surface area contributed by atoms with Crippen LogP contribution in [-0.2, 0) is 4.79 Å². The molecule has 0 bridgehead atoms. The molecule has 1 unspecified atom stereocenters. The normalized spacial score (nSPS) is 19.6. The van der Waals surface area contributed by atoms with Crippen LogP contribution in [0.1, 0.15) is 31.7 Å². The Bertz CT molecular complexity index is 444. The summed E-state index contributed by atoms with van der Waals surface area (Å²) in [7, 11) is 2.12. The molecule has 0 aliphatic carbocycles. The minimum absolute atomic E-state index is 0.242. The Morgan fingerprint density at radius 1 is 1.47 bits per heavy atom. The molecule has 1 aliphatic heterocycles. The molecule has 2 rings (SSSR count). The molecule has 1 aromatic carbocycles. The number of likely N-dealkylation sites (tertiary alicyclic amines) is 1. The van der Waals surface area contributed by atoms with Gasteiger partial charge in [-0.05, 0) is 58.0 Å². The lowest BCUT2D eigenvalue weighted by atomic mass is 10.1. The highest BCUT2D eigenvalue weighted by atomic mass is 16.2. The smallest absolute Gasteiger partial charge is 0.228 e. The molecule has 104 valence electrons. The Hall–Kier alpha value is -1.35. The molecule has 0 aromatic heterocycles. The second kappa shape index (κ2) is 6.20. The summed E-state index contributed by atoms with van der Waals surface area (Å²) in [5.41, 5.74) is 2.22. The molecule has 3 heteroatoms. The summed E-state index contributed by atoms with van der Waals surface area (Å²) in [5, 5.41) is 0. The Balaban J connectivity index is 2.06. The lowest BCUT2D eigenvalue weighted by molar-refractivity contribution is -0.119. The van der Waals surface area contributed by atoms with E-state index >= 15 is 0 Å². The fraction of sp³-hybridized carbons (Fsp3) is 0.562. The molecule has 19 heavy (non-hydrogen) atoms. The molecule has 0 spiro atoms. The van der Waals surface area contributed by atoms with E-state index in [4.69, 9.17) is 0 Å². The van der Waals surface area contributed by atoms with E-state index in [2.05, 4.69) is 31.0 Å². The molecule has 1 fully saturated rings. The highest BCUT2D eigenvalue weighted by Crippen LogP contribution is 2.22. The largest absolute Gasteiger partial charge is 0.313 e. The van der Waals surface area contributed by atoms with Crippen molar-refractivity contribution in [2.45, 2.75) is 39.2 Å². The van der Waals surface area contributed by atoms with Gasteiger partial charge in [0.25, 0.3) is 0 Å². The van der Waals surface area contributed by atoms with Crippen LogP contribution < -0.4 is 4.90 Å². The molecule has 0 radical (unpaired) electrons. The summed E-state index contributed by atoms with van der Waals surface area (Å²) >= 11 is 0. The van der Waals surface area contributed by atoms with Gasteiger partial charge >= 0.3 is 0 Å². The van der Waals surface area contributed by atoms with Crippen molar-refractivity contribution in [1.82, 2.24) is 4.90 Å². The number of hydrogen-bond donors (Lipinski definition) is 0. The standard InChI is InChI=1S/C16H24N2O/c1-4-18(15-8-5-7-13(2)11-15)16(19)12-14-9-6-10-17(14)3/h5,7-8,11,14H,4,6,9-10,12H2,1-3H3. The predicted octanol–water partition coefficient (Wildman–Crippen LogP) is 2.83. The van der Waals surface area contributed by atoms with Gasteiger partial charge in [0.05, 0.1) is 0 Å². The summed E-state index contributed by atoms with van der Waals surface area (Å²) in [5.74, 6) is 0.242. The molecule has 1 saturated heterocycles. The van der Waals surface area contributed by atoms with Crippen molar-refractivity contribution in [3.8, 4) is 0 Å². The fourth-order valence-corrected chi connectivity index (χ4v) is 2.85. The van der Waals surface area contributed by atoms with E-state index in [9.17, 15) is 4.79 Å². The predicted molar refractivity (Wildman–Crippen MR) is 79.5 cm³/mol. The second-order valence-electron chi connectivity index (χ2n) is 5.46. The third-order valence-corrected chi connectivity index (χ3v) is 4.01. The zero-order valence-electron chi connectivity index (χ0n) is 12.2. The van der Waals surface area contributed by atoms with E-state index in [1.807, 2.05) is 24.0 Å². The van der Waals surface area contributed by atoms with Gasteiger partial charge in [-0.25, -0.2) is 0 Å². The molecule has 1 heterocycles. The average Bonchev–Trinajstić information content (AvgIpc) is 2.76. The first-order chi connectivity index (χ1) is 9.11. The second-order valence-corrected chi connectivity index (χ2v) is 5.46. The van der Waals surface area contributed by atoms with Gasteiger partial charge in [0.15, 0.2) is 0 Å². The number of carbonyl (C=O) groups excluding carboxylic acids is 1. The Morgan fingerprint density at radius 2 is 2.26 bits per heavy atom. The van der Waals surface area contributed by atoms with Crippen molar-refractivity contribution in [3.63, 3.8) is 0 Å². The number of benzene rings is 1. The van der Waals surface area contributed by atoms with Gasteiger partial charge in [0, 0.05) is 24.7 Å². The van der Waals surface area contributed by atoms with Crippen LogP contribution in [0.3, 0.4) is 0 Å². The Morgan fingerprint density at radius 3 is 2.84 bits per heavy atom. The number of amides is 1. The van der Waals surface area contributed by atoms with Gasteiger partial charge in [0.2, 0.25) is 5.91 Å². The number of aryl methyl sites for hydroxylation is 1. The maximum atomic E-state index is 12.5. The number of hydrogen-bond acceptors (Lipinski definition) is 2. The zero-order valence-corrected chi connectivity index (χ0v) is 12.2. The van der Waals surface area contributed by atoms with Crippen molar-refractivity contribution in [2.24, 2.45) is 0 Å².